The third kappa shape index (κ3) is 5.46. The van der Waals surface area contributed by atoms with Crippen LogP contribution in [0.15, 0.2) is 53.9 Å². The second kappa shape index (κ2) is 10.3. The number of hydrogen-bond acceptors (Lipinski definition) is 3. The molecule has 1 N–H and O–H groups in total. The number of nitrogens with one attached hydrogen (secondary N) is 1. The van der Waals surface area contributed by atoms with E-state index in [1.165, 1.54) is 36.2 Å². The van der Waals surface area contributed by atoms with Crippen LogP contribution in [-0.4, -0.2) is 41.5 Å². The molecule has 0 spiro atoms. The molecule has 0 saturated carbocycles. The number of hydrogen-bond donors (Lipinski definition) is 1. The molecule has 1 unspecified atom stereocenters. The van der Waals surface area contributed by atoms with E-state index in [0.29, 0.717) is 12.6 Å². The highest BCUT2D eigenvalue weighted by Gasteiger charge is 2.20. The molecule has 0 radical (unpaired) electrons. The topological polar surface area (TPSA) is 35.6 Å². The molecule has 31 heavy (non-hydrogen) atoms. The maximum atomic E-state index is 13.3. The number of amides is 2. The molecule has 2 aromatic carbocycles. The van der Waals surface area contributed by atoms with Gasteiger partial charge >= 0.3 is 6.03 Å². The number of aryl methyl sites for hydroxylation is 1. The number of carbonyl (C=O) groups is 1. The van der Waals surface area contributed by atoms with E-state index in [4.69, 9.17) is 0 Å². The summed E-state index contributed by atoms with van der Waals surface area (Å²) in [5, 5.41) is 7.52. The number of likely N-dealkylation sites (tertiary alicyclic amines) is 1. The molecule has 0 bridgehead atoms. The third-order valence-corrected chi connectivity index (χ3v) is 7.44. The van der Waals surface area contributed by atoms with Crippen molar-refractivity contribution in [1.29, 1.82) is 0 Å². The molecule has 1 aliphatic heterocycles. The first-order valence-electron chi connectivity index (χ1n) is 11.4. The van der Waals surface area contributed by atoms with Gasteiger partial charge in [-0.15, -0.1) is 11.3 Å². The zero-order valence-electron chi connectivity index (χ0n) is 18.6. The Morgan fingerprint density at radius 1 is 1.16 bits per heavy atom. The zero-order chi connectivity index (χ0) is 21.6. The molecular weight excluding hydrogens is 402 g/mol. The summed E-state index contributed by atoms with van der Waals surface area (Å²) < 4.78 is 0. The van der Waals surface area contributed by atoms with Crippen LogP contribution in [0.5, 0.6) is 0 Å². The van der Waals surface area contributed by atoms with Crippen LogP contribution in [0.3, 0.4) is 0 Å². The molecule has 1 aliphatic rings. The Bertz CT molecular complexity index is 1010. The molecule has 3 aromatic rings. The number of benzene rings is 2. The highest BCUT2D eigenvalue weighted by molar-refractivity contribution is 7.10. The van der Waals surface area contributed by atoms with Crippen molar-refractivity contribution in [3.63, 3.8) is 0 Å². The van der Waals surface area contributed by atoms with Crippen LogP contribution in [0.25, 0.3) is 10.8 Å². The second-order valence-electron chi connectivity index (χ2n) is 8.64. The van der Waals surface area contributed by atoms with E-state index in [-0.39, 0.29) is 6.03 Å². The molecular formula is C26H33N3OS. The Morgan fingerprint density at radius 3 is 2.81 bits per heavy atom. The van der Waals surface area contributed by atoms with Gasteiger partial charge in [-0.2, -0.15) is 0 Å². The van der Waals surface area contributed by atoms with Crippen LogP contribution in [0, 0.1) is 6.92 Å². The Kier molecular flexibility index (Phi) is 7.25. The van der Waals surface area contributed by atoms with Crippen LogP contribution in [0.1, 0.15) is 43.0 Å². The first-order valence-corrected chi connectivity index (χ1v) is 12.3. The van der Waals surface area contributed by atoms with Crippen LogP contribution in [-0.2, 0) is 6.54 Å². The van der Waals surface area contributed by atoms with Crippen LogP contribution in [0.4, 0.5) is 10.5 Å². The Hall–Kier alpha value is -2.37. The van der Waals surface area contributed by atoms with Gasteiger partial charge in [0.05, 0.1) is 12.2 Å². The number of rotatable bonds is 7. The predicted molar refractivity (Wildman–Crippen MR) is 132 cm³/mol. The summed E-state index contributed by atoms with van der Waals surface area (Å²) in [5.41, 5.74) is 2.14. The van der Waals surface area contributed by atoms with Gasteiger partial charge in [-0.25, -0.2) is 4.79 Å². The van der Waals surface area contributed by atoms with Gasteiger partial charge in [0.2, 0.25) is 0 Å². The monoisotopic (exact) mass is 435 g/mol. The van der Waals surface area contributed by atoms with E-state index in [1.54, 1.807) is 11.3 Å². The molecule has 1 aromatic heterocycles. The molecule has 5 heteroatoms. The highest BCUT2D eigenvalue weighted by Crippen LogP contribution is 2.24. The van der Waals surface area contributed by atoms with Gasteiger partial charge in [0.25, 0.3) is 0 Å². The molecule has 4 nitrogen and oxygen atoms in total. The lowest BCUT2D eigenvalue weighted by Gasteiger charge is -2.34. The molecule has 4 rings (SSSR count). The molecule has 164 valence electrons. The summed E-state index contributed by atoms with van der Waals surface area (Å²) in [6.07, 6.45) is 4.93. The second-order valence-corrected chi connectivity index (χ2v) is 9.64. The standard InChI is InChI=1S/C26H33N3OS/c1-20-14-18-31-25(20)19-29(17-8-16-28-15-6-5-9-21(28)2)26(30)27-24-13-7-11-22-10-3-4-12-23(22)24/h3-4,7,10-14,18,21H,5-6,8-9,15-17,19H2,1-2H3,(H,27,30). The lowest BCUT2D eigenvalue weighted by molar-refractivity contribution is 0.150. The number of thiophene rings is 1. The Labute approximate surface area is 189 Å². The summed E-state index contributed by atoms with van der Waals surface area (Å²) in [6, 6.07) is 17.0. The summed E-state index contributed by atoms with van der Waals surface area (Å²) in [4.78, 5) is 19.2. The van der Waals surface area contributed by atoms with Crippen molar-refractivity contribution in [2.24, 2.45) is 0 Å². The summed E-state index contributed by atoms with van der Waals surface area (Å²) in [5.74, 6) is 0. The molecule has 1 atom stereocenters. The number of carbonyl (C=O) groups excluding carboxylic acids is 1. The normalized spacial score (nSPS) is 17.0. The Morgan fingerprint density at radius 2 is 2.00 bits per heavy atom. The first kappa shape index (κ1) is 21.8. The summed E-state index contributed by atoms with van der Waals surface area (Å²) in [6.45, 7) is 8.13. The quantitative estimate of drug-likeness (QED) is 0.459. The molecule has 0 aliphatic carbocycles. The number of nitrogens with zero attached hydrogens (tertiary/aromatic N) is 2. The zero-order valence-corrected chi connectivity index (χ0v) is 19.5. The van der Waals surface area contributed by atoms with Crippen molar-refractivity contribution in [1.82, 2.24) is 9.80 Å². The SMILES string of the molecule is Cc1ccsc1CN(CCCN1CCCCC1C)C(=O)Nc1cccc2ccccc12. The number of fused-ring (bicyclic) bond motifs is 1. The fourth-order valence-corrected chi connectivity index (χ4v) is 5.40. The average Bonchev–Trinajstić information content (AvgIpc) is 3.19. The maximum absolute atomic E-state index is 13.3. The van der Waals surface area contributed by atoms with Gasteiger partial charge in [0.1, 0.15) is 0 Å². The van der Waals surface area contributed by atoms with Crippen LogP contribution >= 0.6 is 11.3 Å². The van der Waals surface area contributed by atoms with Crippen molar-refractivity contribution < 1.29 is 4.79 Å². The smallest absolute Gasteiger partial charge is 0.319 e. The number of piperidine rings is 1. The fraction of sp³-hybridized carbons (Fsp3) is 0.423. The van der Waals surface area contributed by atoms with Crippen molar-refractivity contribution >= 4 is 33.8 Å². The van der Waals surface area contributed by atoms with Crippen molar-refractivity contribution in [2.75, 3.05) is 25.0 Å². The summed E-state index contributed by atoms with van der Waals surface area (Å²) in [7, 11) is 0. The van der Waals surface area contributed by atoms with Crippen molar-refractivity contribution in [3.8, 4) is 0 Å². The lowest BCUT2D eigenvalue weighted by atomic mass is 10.0. The van der Waals surface area contributed by atoms with E-state index in [9.17, 15) is 4.79 Å². The molecule has 1 fully saturated rings. The lowest BCUT2D eigenvalue weighted by Crippen LogP contribution is -2.40. The van der Waals surface area contributed by atoms with Crippen LogP contribution in [0.2, 0.25) is 0 Å². The molecule has 1 saturated heterocycles. The van der Waals surface area contributed by atoms with Crippen molar-refractivity contribution in [3.05, 3.63) is 64.4 Å². The van der Waals surface area contributed by atoms with E-state index < -0.39 is 0 Å². The van der Waals surface area contributed by atoms with Gasteiger partial charge in [-0.05, 0) is 68.1 Å². The van der Waals surface area contributed by atoms with Gasteiger partial charge in [0.15, 0.2) is 0 Å². The average molecular weight is 436 g/mol. The van der Waals surface area contributed by atoms with Gasteiger partial charge < -0.3 is 15.1 Å². The minimum atomic E-state index is -0.0177. The van der Waals surface area contributed by atoms with E-state index >= 15 is 0 Å². The maximum Gasteiger partial charge on any atom is 0.322 e. The largest absolute Gasteiger partial charge is 0.322 e. The van der Waals surface area contributed by atoms with E-state index in [1.807, 2.05) is 29.2 Å². The first-order chi connectivity index (χ1) is 15.1. The van der Waals surface area contributed by atoms with Gasteiger partial charge in [0, 0.05) is 29.4 Å². The Balaban J connectivity index is 1.46. The van der Waals surface area contributed by atoms with E-state index in [0.717, 1.165) is 36.0 Å². The fourth-order valence-electron chi connectivity index (χ4n) is 4.47. The third-order valence-electron chi connectivity index (χ3n) is 6.44. The number of urea groups is 1. The van der Waals surface area contributed by atoms with Gasteiger partial charge in [-0.3, -0.25) is 0 Å². The van der Waals surface area contributed by atoms with Crippen molar-refractivity contribution in [2.45, 2.75) is 52.1 Å². The van der Waals surface area contributed by atoms with E-state index in [2.05, 4.69) is 53.7 Å². The predicted octanol–water partition coefficient (Wildman–Crippen LogP) is 6.51. The molecule has 2 heterocycles. The molecule has 2 amide bonds. The van der Waals surface area contributed by atoms with Gasteiger partial charge in [-0.1, -0.05) is 42.8 Å². The minimum absolute atomic E-state index is 0.0177. The van der Waals surface area contributed by atoms with Crippen LogP contribution < -0.4 is 5.32 Å². The summed E-state index contributed by atoms with van der Waals surface area (Å²) >= 11 is 1.73. The number of anilines is 1. The highest BCUT2D eigenvalue weighted by atomic mass is 32.1. The minimum Gasteiger partial charge on any atom is -0.319 e.